The van der Waals surface area contributed by atoms with Gasteiger partial charge in [-0.05, 0) is 6.92 Å². The number of hydrogen-bond donors (Lipinski definition) is 0. The van der Waals surface area contributed by atoms with Crippen LogP contribution in [0.25, 0.3) is 0 Å². The molecule has 0 aromatic heterocycles. The summed E-state index contributed by atoms with van der Waals surface area (Å²) in [4.78, 5) is 31.3. The van der Waals surface area contributed by atoms with Crippen LogP contribution in [0.5, 0.6) is 0 Å². The van der Waals surface area contributed by atoms with Gasteiger partial charge in [-0.25, -0.2) is 0 Å². The van der Waals surface area contributed by atoms with E-state index in [1.54, 1.807) is 0 Å². The molecule has 0 N–H and O–H groups in total. The van der Waals surface area contributed by atoms with Crippen LogP contribution in [0.4, 0.5) is 0 Å². The Balaban J connectivity index is 3.99. The van der Waals surface area contributed by atoms with Crippen molar-refractivity contribution in [2.45, 2.75) is 25.5 Å². The Kier molecular flexibility index (Phi) is 4.77. The zero-order chi connectivity index (χ0) is 8.85. The maximum absolute atomic E-state index is 10.7. The maximum Gasteiger partial charge on any atom is 0.186 e. The second-order valence-corrected chi connectivity index (χ2v) is 3.49. The smallest absolute Gasteiger partial charge is 0.186 e. The largest absolute Gasteiger partial charge is 0.303 e. The highest BCUT2D eigenvalue weighted by atomic mass is 32.2. The molecule has 62 valence electrons. The van der Waals surface area contributed by atoms with E-state index in [-0.39, 0.29) is 17.3 Å². The fourth-order valence-corrected chi connectivity index (χ4v) is 1.33. The topological polar surface area (TPSA) is 51.2 Å². The number of hydrogen-bond acceptors (Lipinski definition) is 4. The molecule has 0 aliphatic carbocycles. The van der Waals surface area contributed by atoms with Crippen molar-refractivity contribution in [1.82, 2.24) is 0 Å². The van der Waals surface area contributed by atoms with Crippen molar-refractivity contribution in [2.75, 3.05) is 0 Å². The van der Waals surface area contributed by atoms with Gasteiger partial charge in [-0.1, -0.05) is 11.8 Å². The van der Waals surface area contributed by atoms with Crippen LogP contribution in [0.2, 0.25) is 0 Å². The Morgan fingerprint density at radius 3 is 2.27 bits per heavy atom. The van der Waals surface area contributed by atoms with Crippen molar-refractivity contribution >= 4 is 28.9 Å². The molecule has 0 radical (unpaired) electrons. The van der Waals surface area contributed by atoms with Crippen LogP contribution in [0, 0.1) is 0 Å². The fourth-order valence-electron chi connectivity index (χ4n) is 0.585. The maximum atomic E-state index is 10.7. The standard InChI is InChI=1S/C7H10O3S/c1-5(9)7(3-4-8)11-6(2)10/h4,7H,3H2,1-2H3. The van der Waals surface area contributed by atoms with Crippen LogP contribution < -0.4 is 0 Å². The van der Waals surface area contributed by atoms with E-state index in [4.69, 9.17) is 0 Å². The minimum Gasteiger partial charge on any atom is -0.303 e. The summed E-state index contributed by atoms with van der Waals surface area (Å²) in [7, 11) is 0. The summed E-state index contributed by atoms with van der Waals surface area (Å²) in [6.45, 7) is 2.76. The summed E-state index contributed by atoms with van der Waals surface area (Å²) in [6, 6.07) is 0. The van der Waals surface area contributed by atoms with E-state index in [1.165, 1.54) is 13.8 Å². The van der Waals surface area contributed by atoms with Gasteiger partial charge in [0.1, 0.15) is 12.1 Å². The van der Waals surface area contributed by atoms with Crippen LogP contribution in [0.1, 0.15) is 20.3 Å². The molecule has 0 amide bonds. The molecule has 0 fully saturated rings. The molecule has 0 aliphatic heterocycles. The molecule has 1 atom stereocenters. The van der Waals surface area contributed by atoms with Gasteiger partial charge in [-0.2, -0.15) is 0 Å². The molecule has 0 aromatic rings. The average molecular weight is 174 g/mol. The van der Waals surface area contributed by atoms with Crippen molar-refractivity contribution in [3.8, 4) is 0 Å². The lowest BCUT2D eigenvalue weighted by Crippen LogP contribution is -2.15. The third-order valence-corrected chi connectivity index (χ3v) is 2.21. The first kappa shape index (κ1) is 10.4. The average Bonchev–Trinajstić information content (AvgIpc) is 1.86. The SMILES string of the molecule is CC(=O)SC(CC=O)C(C)=O. The first-order valence-corrected chi connectivity index (χ1v) is 4.07. The van der Waals surface area contributed by atoms with Crippen LogP contribution in [0.3, 0.4) is 0 Å². The number of aldehydes is 1. The second kappa shape index (κ2) is 5.07. The summed E-state index contributed by atoms with van der Waals surface area (Å²) < 4.78 is 0. The van der Waals surface area contributed by atoms with Gasteiger partial charge in [-0.15, -0.1) is 0 Å². The second-order valence-electron chi connectivity index (χ2n) is 2.11. The minimum atomic E-state index is -0.481. The molecule has 0 bridgehead atoms. The first-order valence-electron chi connectivity index (χ1n) is 3.19. The molecule has 4 heteroatoms. The van der Waals surface area contributed by atoms with Crippen molar-refractivity contribution in [1.29, 1.82) is 0 Å². The number of carbonyl (C=O) groups is 3. The van der Waals surface area contributed by atoms with Gasteiger partial charge in [0.2, 0.25) is 0 Å². The molecular formula is C7H10O3S. The van der Waals surface area contributed by atoms with Gasteiger partial charge in [0.05, 0.1) is 5.25 Å². The zero-order valence-corrected chi connectivity index (χ0v) is 7.31. The molecule has 0 saturated heterocycles. The molecule has 0 rings (SSSR count). The van der Waals surface area contributed by atoms with Crippen molar-refractivity contribution in [3.05, 3.63) is 0 Å². The van der Waals surface area contributed by atoms with E-state index < -0.39 is 5.25 Å². The van der Waals surface area contributed by atoms with E-state index in [0.29, 0.717) is 6.29 Å². The van der Waals surface area contributed by atoms with Crippen LogP contribution >= 0.6 is 11.8 Å². The molecule has 1 unspecified atom stereocenters. The van der Waals surface area contributed by atoms with E-state index in [0.717, 1.165) is 11.8 Å². The summed E-state index contributed by atoms with van der Waals surface area (Å²) in [6.07, 6.45) is 0.779. The highest BCUT2D eigenvalue weighted by Crippen LogP contribution is 2.14. The zero-order valence-electron chi connectivity index (χ0n) is 6.49. The summed E-state index contributed by atoms with van der Waals surface area (Å²) in [5, 5.41) is -0.614. The molecule has 0 aromatic carbocycles. The molecule has 11 heavy (non-hydrogen) atoms. The van der Waals surface area contributed by atoms with E-state index in [1.807, 2.05) is 0 Å². The van der Waals surface area contributed by atoms with Gasteiger partial charge in [-0.3, -0.25) is 9.59 Å². The van der Waals surface area contributed by atoms with E-state index in [2.05, 4.69) is 0 Å². The highest BCUT2D eigenvalue weighted by Gasteiger charge is 2.15. The van der Waals surface area contributed by atoms with Crippen LogP contribution in [0.15, 0.2) is 0 Å². The minimum absolute atomic E-state index is 0.125. The van der Waals surface area contributed by atoms with Gasteiger partial charge >= 0.3 is 0 Å². The van der Waals surface area contributed by atoms with Gasteiger partial charge < -0.3 is 4.79 Å². The van der Waals surface area contributed by atoms with Crippen LogP contribution in [-0.4, -0.2) is 22.4 Å². The molecule has 0 heterocycles. The lowest BCUT2D eigenvalue weighted by Gasteiger charge is -2.05. The predicted octanol–water partition coefficient (Wildman–Crippen LogP) is 0.813. The monoisotopic (exact) mass is 174 g/mol. The molecule has 3 nitrogen and oxygen atoms in total. The molecular weight excluding hydrogens is 164 g/mol. The molecule has 0 saturated carbocycles. The number of ketones is 1. The number of Topliss-reactive ketones (excluding diaryl/α,β-unsaturated/α-hetero) is 1. The van der Waals surface area contributed by atoms with Crippen molar-refractivity contribution in [2.24, 2.45) is 0 Å². The predicted molar refractivity (Wildman–Crippen MR) is 43.4 cm³/mol. The summed E-state index contributed by atoms with van der Waals surface area (Å²) in [5.74, 6) is -0.127. The Morgan fingerprint density at radius 2 is 2.00 bits per heavy atom. The Labute approximate surface area is 69.5 Å². The van der Waals surface area contributed by atoms with Gasteiger partial charge in [0, 0.05) is 13.3 Å². The van der Waals surface area contributed by atoms with Crippen molar-refractivity contribution < 1.29 is 14.4 Å². The summed E-state index contributed by atoms with van der Waals surface area (Å²) in [5.41, 5.74) is 0. The summed E-state index contributed by atoms with van der Waals surface area (Å²) >= 11 is 0.913. The normalized spacial score (nSPS) is 12.2. The van der Waals surface area contributed by atoms with Crippen LogP contribution in [-0.2, 0) is 14.4 Å². The first-order chi connectivity index (χ1) is 5.07. The molecule has 0 aliphatic rings. The van der Waals surface area contributed by atoms with Crippen molar-refractivity contribution in [3.63, 3.8) is 0 Å². The Hall–Kier alpha value is -0.640. The van der Waals surface area contributed by atoms with E-state index in [9.17, 15) is 14.4 Å². The van der Waals surface area contributed by atoms with Gasteiger partial charge in [0.15, 0.2) is 5.12 Å². The molecule has 0 spiro atoms. The van der Waals surface area contributed by atoms with E-state index >= 15 is 0 Å². The Bertz CT molecular complexity index is 177. The lowest BCUT2D eigenvalue weighted by atomic mass is 10.2. The third kappa shape index (κ3) is 4.72. The quantitative estimate of drug-likeness (QED) is 0.592. The fraction of sp³-hybridized carbons (Fsp3) is 0.571. The highest BCUT2D eigenvalue weighted by molar-refractivity contribution is 8.14. The lowest BCUT2D eigenvalue weighted by molar-refractivity contribution is -0.118. The van der Waals surface area contributed by atoms with Gasteiger partial charge in [0.25, 0.3) is 0 Å². The number of carbonyl (C=O) groups excluding carboxylic acids is 3. The third-order valence-electron chi connectivity index (χ3n) is 1.07. The number of rotatable bonds is 4. The number of thioether (sulfide) groups is 1. The Morgan fingerprint density at radius 1 is 1.45 bits per heavy atom.